The first-order valence-electron chi connectivity index (χ1n) is 13.8. The van der Waals surface area contributed by atoms with E-state index in [-0.39, 0.29) is 29.6 Å². The Morgan fingerprint density at radius 1 is 1.12 bits per heavy atom. The molecule has 2 aromatic carbocycles. The molecule has 3 aromatic rings. The number of ether oxygens (including phenoxy) is 1. The fourth-order valence-corrected chi connectivity index (χ4v) is 5.31. The summed E-state index contributed by atoms with van der Waals surface area (Å²) in [5.74, 6) is -1.54. The van der Waals surface area contributed by atoms with E-state index < -0.39 is 41.9 Å². The van der Waals surface area contributed by atoms with Gasteiger partial charge in [-0.15, -0.1) is 0 Å². The van der Waals surface area contributed by atoms with Crippen molar-refractivity contribution >= 4 is 41.1 Å². The van der Waals surface area contributed by atoms with Crippen LogP contribution < -0.4 is 10.1 Å². The number of aliphatic imine (C=N–C) groups is 1. The molecule has 1 saturated heterocycles. The lowest BCUT2D eigenvalue weighted by Crippen LogP contribution is -2.55. The van der Waals surface area contributed by atoms with Crippen LogP contribution in [0.1, 0.15) is 66.5 Å². The smallest absolute Gasteiger partial charge is 0.326 e. The van der Waals surface area contributed by atoms with E-state index in [1.807, 2.05) is 45.0 Å². The molecule has 0 unspecified atom stereocenters. The second-order valence-corrected chi connectivity index (χ2v) is 11.8. The Morgan fingerprint density at radius 3 is 2.49 bits per heavy atom. The fraction of sp³-hybridized carbons (Fsp3) is 0.323. The largest absolute Gasteiger partial charge is 0.487 e. The van der Waals surface area contributed by atoms with Crippen LogP contribution in [0.15, 0.2) is 65.8 Å². The molecule has 3 amide bonds. The van der Waals surface area contributed by atoms with Crippen molar-refractivity contribution in [2.45, 2.75) is 44.9 Å². The SMILES string of the molecule is CC(C)(C)Oc1cc(C(=O)CC(=O)O)ccc1C1=N[C@@H](c2ccc(Cl)cc2)[C@@H](c2ccc[nH]2)N1C(=O)N1CCNC(=O)C1. The molecular formula is C31H32ClN5O6. The third-order valence-electron chi connectivity index (χ3n) is 7.01. The average Bonchev–Trinajstić information content (AvgIpc) is 3.60. The first-order chi connectivity index (χ1) is 20.4. The minimum absolute atomic E-state index is 0.111. The molecule has 5 rings (SSSR count). The molecule has 12 heteroatoms. The number of H-pyrrole nitrogens is 1. The predicted octanol–water partition coefficient (Wildman–Crippen LogP) is 4.60. The Bertz CT molecular complexity index is 1580. The lowest BCUT2D eigenvalue weighted by Gasteiger charge is -2.35. The summed E-state index contributed by atoms with van der Waals surface area (Å²) in [4.78, 5) is 62.0. The van der Waals surface area contributed by atoms with Gasteiger partial charge in [-0.1, -0.05) is 29.8 Å². The zero-order valence-electron chi connectivity index (χ0n) is 24.0. The molecule has 3 heterocycles. The van der Waals surface area contributed by atoms with E-state index in [0.29, 0.717) is 23.7 Å². The average molecular weight is 606 g/mol. The quantitative estimate of drug-likeness (QED) is 0.265. The van der Waals surface area contributed by atoms with Crippen molar-refractivity contribution in [3.63, 3.8) is 0 Å². The number of amides is 3. The van der Waals surface area contributed by atoms with E-state index in [1.165, 1.54) is 17.0 Å². The highest BCUT2D eigenvalue weighted by molar-refractivity contribution is 6.30. The molecule has 0 spiro atoms. The van der Waals surface area contributed by atoms with Crippen molar-refractivity contribution in [1.82, 2.24) is 20.1 Å². The van der Waals surface area contributed by atoms with Gasteiger partial charge in [-0.3, -0.25) is 24.3 Å². The minimum Gasteiger partial charge on any atom is -0.487 e. The Labute approximate surface area is 253 Å². The predicted molar refractivity (Wildman–Crippen MR) is 159 cm³/mol. The number of ketones is 1. The summed E-state index contributed by atoms with van der Waals surface area (Å²) in [5.41, 5.74) is 1.41. The van der Waals surface area contributed by atoms with Crippen LogP contribution in [0.4, 0.5) is 4.79 Å². The van der Waals surface area contributed by atoms with E-state index in [0.717, 1.165) is 11.3 Å². The lowest BCUT2D eigenvalue weighted by atomic mass is 9.97. The summed E-state index contributed by atoms with van der Waals surface area (Å²) in [6, 6.07) is 13.9. The van der Waals surface area contributed by atoms with Crippen LogP contribution in [0.2, 0.25) is 5.02 Å². The van der Waals surface area contributed by atoms with Crippen molar-refractivity contribution in [1.29, 1.82) is 0 Å². The van der Waals surface area contributed by atoms with Crippen molar-refractivity contribution in [2.24, 2.45) is 4.99 Å². The summed E-state index contributed by atoms with van der Waals surface area (Å²) >= 11 is 6.20. The Morgan fingerprint density at radius 2 is 1.86 bits per heavy atom. The van der Waals surface area contributed by atoms with E-state index in [1.54, 1.807) is 29.3 Å². The number of aromatic nitrogens is 1. The van der Waals surface area contributed by atoms with Crippen LogP contribution in [0.25, 0.3) is 0 Å². The first kappa shape index (κ1) is 29.8. The number of nitrogens with one attached hydrogen (secondary N) is 2. The monoisotopic (exact) mass is 605 g/mol. The highest BCUT2D eigenvalue weighted by atomic mass is 35.5. The molecule has 11 nitrogen and oxygen atoms in total. The number of carbonyl (C=O) groups excluding carboxylic acids is 3. The molecule has 0 saturated carbocycles. The van der Waals surface area contributed by atoms with Crippen LogP contribution in [0.5, 0.6) is 5.75 Å². The van der Waals surface area contributed by atoms with Gasteiger partial charge in [0, 0.05) is 35.6 Å². The standard InChI is InChI=1S/C31H32ClN5O6/c1-31(2,3)43-24-15-19(23(38)16-26(40)41)8-11-21(24)29-35-27(18-6-9-20(32)10-7-18)28(22-5-4-12-33-22)37(29)30(42)36-14-13-34-25(39)17-36/h4-12,15,27-28,33H,13-14,16-17H2,1-3H3,(H,34,39)(H,40,41)/t27-,28+/m0/s1. The van der Waals surface area contributed by atoms with Gasteiger partial charge in [0.1, 0.15) is 42.2 Å². The van der Waals surface area contributed by atoms with Gasteiger partial charge in [-0.2, -0.15) is 0 Å². The van der Waals surface area contributed by atoms with Gasteiger partial charge in [0.15, 0.2) is 5.78 Å². The highest BCUT2D eigenvalue weighted by Crippen LogP contribution is 2.45. The van der Waals surface area contributed by atoms with Gasteiger partial charge in [-0.05, 0) is 62.7 Å². The molecule has 1 aromatic heterocycles. The van der Waals surface area contributed by atoms with Gasteiger partial charge in [0.2, 0.25) is 5.91 Å². The molecule has 0 aliphatic carbocycles. The normalized spacial score (nSPS) is 18.7. The Hall–Kier alpha value is -4.64. The van der Waals surface area contributed by atoms with Gasteiger partial charge in [0.05, 0.1) is 5.56 Å². The van der Waals surface area contributed by atoms with Gasteiger partial charge < -0.3 is 25.0 Å². The van der Waals surface area contributed by atoms with E-state index >= 15 is 0 Å². The number of carboxylic acids is 1. The van der Waals surface area contributed by atoms with Crippen molar-refractivity contribution in [3.05, 3.63) is 88.2 Å². The third kappa shape index (κ3) is 6.56. The number of amidine groups is 1. The molecule has 43 heavy (non-hydrogen) atoms. The molecule has 224 valence electrons. The number of benzene rings is 2. The summed E-state index contributed by atoms with van der Waals surface area (Å²) in [7, 11) is 0. The Balaban J connectivity index is 1.69. The lowest BCUT2D eigenvalue weighted by molar-refractivity contribution is -0.136. The van der Waals surface area contributed by atoms with Gasteiger partial charge >= 0.3 is 12.0 Å². The van der Waals surface area contributed by atoms with Gasteiger partial charge in [-0.25, -0.2) is 4.79 Å². The second-order valence-electron chi connectivity index (χ2n) is 11.4. The summed E-state index contributed by atoms with van der Waals surface area (Å²) in [5, 5.41) is 12.5. The van der Waals surface area contributed by atoms with Crippen LogP contribution in [0.3, 0.4) is 0 Å². The molecule has 2 aliphatic rings. The molecule has 0 bridgehead atoms. The first-order valence-corrected chi connectivity index (χ1v) is 14.2. The number of halogens is 1. The van der Waals surface area contributed by atoms with Crippen molar-refractivity contribution in [3.8, 4) is 5.75 Å². The number of Topliss-reactive ketones (excluding diaryl/α,β-unsaturated/α-hetero) is 1. The Kier molecular flexibility index (Phi) is 8.27. The number of carboxylic acid groups (broad SMARTS) is 1. The third-order valence-corrected chi connectivity index (χ3v) is 7.26. The second kappa shape index (κ2) is 11.9. The number of carbonyl (C=O) groups is 4. The number of aromatic amines is 1. The summed E-state index contributed by atoms with van der Waals surface area (Å²) < 4.78 is 6.29. The number of rotatable bonds is 7. The summed E-state index contributed by atoms with van der Waals surface area (Å²) in [6.45, 7) is 6.04. The number of urea groups is 1. The maximum absolute atomic E-state index is 14.4. The zero-order valence-corrected chi connectivity index (χ0v) is 24.7. The van der Waals surface area contributed by atoms with E-state index in [9.17, 15) is 24.3 Å². The zero-order chi connectivity index (χ0) is 30.9. The molecule has 1 fully saturated rings. The van der Waals surface area contributed by atoms with Gasteiger partial charge in [0.25, 0.3) is 0 Å². The maximum Gasteiger partial charge on any atom is 0.326 e. The molecule has 2 atom stereocenters. The minimum atomic E-state index is -1.24. The highest BCUT2D eigenvalue weighted by Gasteiger charge is 2.45. The van der Waals surface area contributed by atoms with Crippen LogP contribution >= 0.6 is 11.6 Å². The van der Waals surface area contributed by atoms with E-state index in [2.05, 4.69) is 10.3 Å². The van der Waals surface area contributed by atoms with E-state index in [4.69, 9.17) is 21.3 Å². The molecule has 3 N–H and O–H groups in total. The van der Waals surface area contributed by atoms with Crippen molar-refractivity contribution in [2.75, 3.05) is 19.6 Å². The number of aliphatic carboxylic acids is 1. The number of piperazine rings is 1. The number of nitrogens with zero attached hydrogens (tertiary/aromatic N) is 3. The van der Waals surface area contributed by atoms with Crippen LogP contribution in [0, 0.1) is 0 Å². The molecular weight excluding hydrogens is 574 g/mol. The number of hydrogen-bond donors (Lipinski definition) is 3. The van der Waals surface area contributed by atoms with Crippen LogP contribution in [-0.4, -0.2) is 74.7 Å². The maximum atomic E-state index is 14.4. The molecule has 2 aliphatic heterocycles. The topological polar surface area (TPSA) is 144 Å². The molecule has 0 radical (unpaired) electrons. The fourth-order valence-electron chi connectivity index (χ4n) is 5.19. The van der Waals surface area contributed by atoms with Crippen LogP contribution in [-0.2, 0) is 9.59 Å². The summed E-state index contributed by atoms with van der Waals surface area (Å²) in [6.07, 6.45) is 1.09. The number of hydrogen-bond acceptors (Lipinski definition) is 6. The van der Waals surface area contributed by atoms with Crippen molar-refractivity contribution < 1.29 is 29.0 Å².